The van der Waals surface area contributed by atoms with Crippen LogP contribution in [0.3, 0.4) is 0 Å². The highest BCUT2D eigenvalue weighted by molar-refractivity contribution is 7.99. The van der Waals surface area contributed by atoms with Crippen LogP contribution in [-0.4, -0.2) is 26.4 Å². The van der Waals surface area contributed by atoms with Crippen LogP contribution >= 0.6 is 11.8 Å². The second kappa shape index (κ2) is 7.09. The number of fused-ring (bicyclic) bond motifs is 2. The summed E-state index contributed by atoms with van der Waals surface area (Å²) in [6, 6.07) is 16.4. The monoisotopic (exact) mass is 390 g/mol. The Hall–Kier alpha value is -2.60. The predicted molar refractivity (Wildman–Crippen MR) is 111 cm³/mol. The molecule has 1 amide bonds. The number of anilines is 2. The third-order valence-electron chi connectivity index (χ3n) is 5.51. The molecule has 0 N–H and O–H groups in total. The van der Waals surface area contributed by atoms with E-state index in [1.54, 1.807) is 0 Å². The lowest BCUT2D eigenvalue weighted by Gasteiger charge is -2.24. The number of hydrogen-bond donors (Lipinski definition) is 0. The highest BCUT2D eigenvalue weighted by atomic mass is 32.2. The molecule has 28 heavy (non-hydrogen) atoms. The van der Waals surface area contributed by atoms with Gasteiger partial charge in [0.25, 0.3) is 0 Å². The Labute approximate surface area is 168 Å². The maximum Gasteiger partial charge on any atom is 0.242 e. The number of aromatic nitrogens is 3. The number of carbonyl (C=O) groups is 1. The van der Waals surface area contributed by atoms with Gasteiger partial charge >= 0.3 is 0 Å². The molecule has 3 aromatic rings. The van der Waals surface area contributed by atoms with Crippen molar-refractivity contribution in [2.24, 2.45) is 7.05 Å². The molecule has 0 saturated heterocycles. The number of amides is 1. The van der Waals surface area contributed by atoms with Gasteiger partial charge in [0.05, 0.1) is 17.1 Å². The molecular weight excluding hydrogens is 368 g/mol. The van der Waals surface area contributed by atoms with Crippen LogP contribution in [0.25, 0.3) is 0 Å². The van der Waals surface area contributed by atoms with Gasteiger partial charge in [0.2, 0.25) is 5.91 Å². The molecule has 2 aliphatic rings. The quantitative estimate of drug-likeness (QED) is 0.625. The van der Waals surface area contributed by atoms with Gasteiger partial charge in [-0.1, -0.05) is 48.2 Å². The third kappa shape index (κ3) is 3.11. The van der Waals surface area contributed by atoms with Crippen molar-refractivity contribution in [3.05, 3.63) is 65.5 Å². The summed E-state index contributed by atoms with van der Waals surface area (Å²) in [7, 11) is 2.00. The van der Waals surface area contributed by atoms with E-state index < -0.39 is 0 Å². The molecule has 0 atom stereocenters. The fourth-order valence-electron chi connectivity index (χ4n) is 3.89. The molecule has 0 unspecified atom stereocenters. The molecule has 0 bridgehead atoms. The van der Waals surface area contributed by atoms with Crippen molar-refractivity contribution < 1.29 is 4.79 Å². The summed E-state index contributed by atoms with van der Waals surface area (Å²) in [6.45, 7) is 0. The van der Waals surface area contributed by atoms with Gasteiger partial charge in [0, 0.05) is 13.0 Å². The topological polar surface area (TPSA) is 51.0 Å². The molecule has 0 radical (unpaired) electrons. The minimum Gasteiger partial charge on any atom is -0.309 e. The van der Waals surface area contributed by atoms with Crippen molar-refractivity contribution in [3.63, 3.8) is 0 Å². The van der Waals surface area contributed by atoms with Crippen molar-refractivity contribution in [2.75, 3.05) is 10.7 Å². The van der Waals surface area contributed by atoms with Crippen LogP contribution in [0.5, 0.6) is 0 Å². The number of aryl methyl sites for hydroxylation is 2. The number of benzene rings is 2. The highest BCUT2D eigenvalue weighted by Gasteiger charge is 2.30. The summed E-state index contributed by atoms with van der Waals surface area (Å²) in [5, 5.41) is 9.44. The average molecular weight is 391 g/mol. The molecule has 1 fully saturated rings. The van der Waals surface area contributed by atoms with Gasteiger partial charge in [-0.2, -0.15) is 0 Å². The SMILES string of the molecule is Cn1c(SCC(=O)N2c3ccccc3CCc3ccccc32)nnc1C1CC1. The van der Waals surface area contributed by atoms with Gasteiger partial charge < -0.3 is 4.57 Å². The number of para-hydroxylation sites is 2. The first-order valence-electron chi connectivity index (χ1n) is 9.73. The number of hydrogen-bond acceptors (Lipinski definition) is 4. The van der Waals surface area contributed by atoms with Crippen molar-refractivity contribution in [3.8, 4) is 0 Å². The molecular formula is C22H22N4OS. The molecule has 1 aromatic heterocycles. The minimum absolute atomic E-state index is 0.0720. The first kappa shape index (κ1) is 17.5. The lowest BCUT2D eigenvalue weighted by atomic mass is 10.0. The molecule has 1 aliphatic heterocycles. The van der Waals surface area contributed by atoms with E-state index in [2.05, 4.69) is 22.3 Å². The van der Waals surface area contributed by atoms with E-state index in [0.717, 1.165) is 35.2 Å². The van der Waals surface area contributed by atoms with Gasteiger partial charge in [0.15, 0.2) is 5.16 Å². The van der Waals surface area contributed by atoms with E-state index in [-0.39, 0.29) is 5.91 Å². The number of nitrogens with zero attached hydrogens (tertiary/aromatic N) is 4. The molecule has 1 saturated carbocycles. The predicted octanol–water partition coefficient (Wildman–Crippen LogP) is 4.25. The van der Waals surface area contributed by atoms with Crippen LogP contribution in [-0.2, 0) is 24.7 Å². The van der Waals surface area contributed by atoms with Crippen molar-refractivity contribution in [1.29, 1.82) is 0 Å². The largest absolute Gasteiger partial charge is 0.309 e. The van der Waals surface area contributed by atoms with Crippen LogP contribution < -0.4 is 4.90 Å². The first-order valence-corrected chi connectivity index (χ1v) is 10.7. The fraction of sp³-hybridized carbons (Fsp3) is 0.318. The Morgan fingerprint density at radius 2 is 1.61 bits per heavy atom. The number of rotatable bonds is 4. The Bertz CT molecular complexity index is 993. The van der Waals surface area contributed by atoms with Gasteiger partial charge in [-0.25, -0.2) is 0 Å². The van der Waals surface area contributed by atoms with Crippen LogP contribution in [0.1, 0.15) is 35.7 Å². The second-order valence-corrected chi connectivity index (χ2v) is 8.39. The second-order valence-electron chi connectivity index (χ2n) is 7.45. The summed E-state index contributed by atoms with van der Waals surface area (Å²) in [4.78, 5) is 15.3. The molecule has 2 aromatic carbocycles. The summed E-state index contributed by atoms with van der Waals surface area (Å²) in [5.74, 6) is 1.99. The Morgan fingerprint density at radius 3 is 2.21 bits per heavy atom. The lowest BCUT2D eigenvalue weighted by molar-refractivity contribution is -0.115. The smallest absolute Gasteiger partial charge is 0.242 e. The maximum absolute atomic E-state index is 13.4. The molecule has 5 nitrogen and oxygen atoms in total. The molecule has 0 spiro atoms. The molecule has 5 rings (SSSR count). The Morgan fingerprint density at radius 1 is 1.00 bits per heavy atom. The highest BCUT2D eigenvalue weighted by Crippen LogP contribution is 2.40. The molecule has 142 valence electrons. The molecule has 6 heteroatoms. The Balaban J connectivity index is 1.44. The van der Waals surface area contributed by atoms with Crippen LogP contribution in [0.4, 0.5) is 11.4 Å². The van der Waals surface area contributed by atoms with Crippen molar-refractivity contribution in [1.82, 2.24) is 14.8 Å². The normalized spacial score (nSPS) is 15.7. The van der Waals surface area contributed by atoms with Gasteiger partial charge in [0.1, 0.15) is 5.82 Å². The van der Waals surface area contributed by atoms with Gasteiger partial charge in [-0.3, -0.25) is 9.69 Å². The van der Waals surface area contributed by atoms with Crippen molar-refractivity contribution >= 4 is 29.0 Å². The summed E-state index contributed by atoms with van der Waals surface area (Å²) < 4.78 is 2.04. The van der Waals surface area contributed by atoms with Gasteiger partial charge in [-0.15, -0.1) is 10.2 Å². The zero-order chi connectivity index (χ0) is 19.1. The maximum atomic E-state index is 13.4. The standard InChI is InChI=1S/C22H22N4OS/c1-25-21(17-12-13-17)23-24-22(25)28-14-20(27)26-18-8-4-2-6-15(18)10-11-16-7-3-5-9-19(16)26/h2-9,17H,10-14H2,1H3. The van der Waals surface area contributed by atoms with E-state index in [9.17, 15) is 4.79 Å². The molecule has 1 aliphatic carbocycles. The van der Waals surface area contributed by atoms with Gasteiger partial charge in [-0.05, 0) is 48.9 Å². The molecule has 2 heterocycles. The lowest BCUT2D eigenvalue weighted by Crippen LogP contribution is -2.28. The number of thioether (sulfide) groups is 1. The fourth-order valence-corrected chi connectivity index (χ4v) is 4.66. The first-order chi connectivity index (χ1) is 13.7. The number of carbonyl (C=O) groups excluding carboxylic acids is 1. The zero-order valence-electron chi connectivity index (χ0n) is 15.8. The van der Waals surface area contributed by atoms with Crippen molar-refractivity contribution in [2.45, 2.75) is 36.8 Å². The van der Waals surface area contributed by atoms with E-state index in [1.165, 1.54) is 35.7 Å². The zero-order valence-corrected chi connectivity index (χ0v) is 16.7. The van der Waals surface area contributed by atoms with E-state index in [0.29, 0.717) is 11.7 Å². The Kier molecular flexibility index (Phi) is 4.43. The van der Waals surface area contributed by atoms with E-state index in [1.807, 2.05) is 52.9 Å². The average Bonchev–Trinajstić information content (AvgIpc) is 3.51. The van der Waals surface area contributed by atoms with E-state index in [4.69, 9.17) is 0 Å². The summed E-state index contributed by atoms with van der Waals surface area (Å²) in [6.07, 6.45) is 4.27. The third-order valence-corrected chi connectivity index (χ3v) is 6.52. The van der Waals surface area contributed by atoms with Crippen LogP contribution in [0.2, 0.25) is 0 Å². The summed E-state index contributed by atoms with van der Waals surface area (Å²) >= 11 is 1.47. The van der Waals surface area contributed by atoms with Crippen LogP contribution in [0.15, 0.2) is 53.7 Å². The van der Waals surface area contributed by atoms with Crippen LogP contribution in [0, 0.1) is 0 Å². The summed E-state index contributed by atoms with van der Waals surface area (Å²) in [5.41, 5.74) is 4.42. The minimum atomic E-state index is 0.0720. The van der Waals surface area contributed by atoms with E-state index >= 15 is 0 Å².